The normalized spacial score (nSPS) is 16.4. The summed E-state index contributed by atoms with van der Waals surface area (Å²) >= 11 is 7.33. The van der Waals surface area contributed by atoms with Gasteiger partial charge in [-0.15, -0.1) is 11.3 Å². The molecular weight excluding hydrogens is 434 g/mol. The highest BCUT2D eigenvalue weighted by molar-refractivity contribution is 7.17. The van der Waals surface area contributed by atoms with Gasteiger partial charge in [-0.2, -0.15) is 0 Å². The van der Waals surface area contributed by atoms with Crippen LogP contribution < -0.4 is 5.73 Å². The molecule has 2 aromatic heterocycles. The minimum absolute atomic E-state index is 0.0954. The van der Waals surface area contributed by atoms with Gasteiger partial charge in [0, 0.05) is 36.0 Å². The summed E-state index contributed by atoms with van der Waals surface area (Å²) in [6.45, 7) is 4.91. The molecule has 0 bridgehead atoms. The Morgan fingerprint density at radius 3 is 2.81 bits per heavy atom. The maximum atomic E-state index is 13.2. The maximum absolute atomic E-state index is 13.2. The summed E-state index contributed by atoms with van der Waals surface area (Å²) in [4.78, 5) is 38.5. The van der Waals surface area contributed by atoms with Crippen molar-refractivity contribution >= 4 is 57.5 Å². The quantitative estimate of drug-likeness (QED) is 0.607. The van der Waals surface area contributed by atoms with Gasteiger partial charge in [0.15, 0.2) is 0 Å². The molecule has 1 aromatic carbocycles. The Hall–Kier alpha value is -2.97. The van der Waals surface area contributed by atoms with Crippen LogP contribution in [0.3, 0.4) is 0 Å². The second kappa shape index (κ2) is 8.28. The first-order valence-corrected chi connectivity index (χ1v) is 11.0. The molecule has 7 nitrogen and oxygen atoms in total. The van der Waals surface area contributed by atoms with Crippen molar-refractivity contribution in [1.82, 2.24) is 19.8 Å². The number of hydrogen-bond acceptors (Lipinski definition) is 6. The van der Waals surface area contributed by atoms with Crippen LogP contribution in [-0.2, 0) is 16.1 Å². The predicted molar refractivity (Wildman–Crippen MR) is 124 cm³/mol. The number of amides is 2. The molecule has 31 heavy (non-hydrogen) atoms. The van der Waals surface area contributed by atoms with Crippen molar-refractivity contribution in [3.63, 3.8) is 0 Å². The molecule has 0 radical (unpaired) electrons. The van der Waals surface area contributed by atoms with Crippen LogP contribution in [0.2, 0.25) is 4.34 Å². The molecular formula is C22H22ClN5O2S. The average molecular weight is 456 g/mol. The highest BCUT2D eigenvalue weighted by Crippen LogP contribution is 2.27. The molecule has 2 amide bonds. The Morgan fingerprint density at radius 2 is 2.06 bits per heavy atom. The largest absolute Gasteiger partial charge is 0.383 e. The number of halogens is 1. The first-order chi connectivity index (χ1) is 14.8. The van der Waals surface area contributed by atoms with Gasteiger partial charge in [-0.25, -0.2) is 9.97 Å². The van der Waals surface area contributed by atoms with Crippen molar-refractivity contribution in [2.24, 2.45) is 0 Å². The fourth-order valence-corrected chi connectivity index (χ4v) is 4.71. The molecule has 3 aromatic rings. The molecule has 2 N–H and O–H groups in total. The number of nitrogen functional groups attached to an aromatic ring is 1. The molecule has 0 aliphatic carbocycles. The third-order valence-corrected chi connectivity index (χ3v) is 6.63. The Balaban J connectivity index is 1.48. The minimum Gasteiger partial charge on any atom is -0.383 e. The Bertz CT molecular complexity index is 1190. The molecule has 0 saturated carbocycles. The van der Waals surface area contributed by atoms with Gasteiger partial charge in [0.25, 0.3) is 0 Å². The van der Waals surface area contributed by atoms with Gasteiger partial charge in [0.05, 0.1) is 9.85 Å². The lowest BCUT2D eigenvalue weighted by Crippen LogP contribution is -2.64. The van der Waals surface area contributed by atoms with Gasteiger partial charge in [0.2, 0.25) is 11.8 Å². The lowest BCUT2D eigenvalue weighted by molar-refractivity contribution is -0.156. The van der Waals surface area contributed by atoms with Crippen LogP contribution in [0.15, 0.2) is 42.7 Å². The Kier molecular flexibility index (Phi) is 5.68. The number of nitrogens with two attached hydrogens (primary N) is 1. The van der Waals surface area contributed by atoms with E-state index >= 15 is 0 Å². The zero-order valence-electron chi connectivity index (χ0n) is 17.2. The standard InChI is InChI=1S/C22H22ClN5O2S/c1-22(2)21(30)27(12-14-3-6-16-17(11-14)25-13-26-20(16)24)9-10-28(22)19(29)8-5-15-4-7-18(23)31-15/h3-8,11,13H,9-10,12H2,1-2H3,(H2,24,25,26). The average Bonchev–Trinajstić information content (AvgIpc) is 3.15. The zero-order chi connectivity index (χ0) is 22.2. The van der Waals surface area contributed by atoms with Crippen molar-refractivity contribution in [3.8, 4) is 0 Å². The first-order valence-electron chi connectivity index (χ1n) is 9.79. The van der Waals surface area contributed by atoms with E-state index in [0.29, 0.717) is 29.8 Å². The van der Waals surface area contributed by atoms with Crippen LogP contribution in [-0.4, -0.2) is 50.2 Å². The number of carbonyl (C=O) groups excluding carboxylic acids is 2. The van der Waals surface area contributed by atoms with E-state index in [1.807, 2.05) is 24.3 Å². The van der Waals surface area contributed by atoms with E-state index in [9.17, 15) is 9.59 Å². The van der Waals surface area contributed by atoms with E-state index in [1.165, 1.54) is 23.7 Å². The molecule has 0 spiro atoms. The number of piperazine rings is 1. The highest BCUT2D eigenvalue weighted by Gasteiger charge is 2.43. The molecule has 9 heteroatoms. The molecule has 1 aliphatic rings. The number of fused-ring (bicyclic) bond motifs is 1. The number of anilines is 1. The summed E-state index contributed by atoms with van der Waals surface area (Å²) in [5, 5.41) is 0.784. The summed E-state index contributed by atoms with van der Waals surface area (Å²) in [5.41, 5.74) is 6.63. The van der Waals surface area contributed by atoms with E-state index < -0.39 is 5.54 Å². The van der Waals surface area contributed by atoms with Crippen LogP contribution in [0.1, 0.15) is 24.3 Å². The molecule has 1 aliphatic heterocycles. The minimum atomic E-state index is -0.948. The number of aromatic nitrogens is 2. The van der Waals surface area contributed by atoms with E-state index in [4.69, 9.17) is 17.3 Å². The molecule has 1 fully saturated rings. The second-order valence-corrected chi connectivity index (χ2v) is 9.61. The number of thiophene rings is 1. The molecule has 4 rings (SSSR count). The summed E-state index contributed by atoms with van der Waals surface area (Å²) in [6, 6.07) is 9.36. The van der Waals surface area contributed by atoms with Crippen LogP contribution in [0.5, 0.6) is 0 Å². The number of carbonyl (C=O) groups is 2. The summed E-state index contributed by atoms with van der Waals surface area (Å²) in [6.07, 6.45) is 4.66. The van der Waals surface area contributed by atoms with Gasteiger partial charge < -0.3 is 15.5 Å². The number of hydrogen-bond donors (Lipinski definition) is 1. The van der Waals surface area contributed by atoms with Crippen molar-refractivity contribution in [2.75, 3.05) is 18.8 Å². The van der Waals surface area contributed by atoms with Crippen molar-refractivity contribution in [3.05, 3.63) is 57.5 Å². The van der Waals surface area contributed by atoms with Gasteiger partial charge >= 0.3 is 0 Å². The molecule has 0 unspecified atom stereocenters. The van der Waals surface area contributed by atoms with Crippen LogP contribution >= 0.6 is 22.9 Å². The van der Waals surface area contributed by atoms with Crippen molar-refractivity contribution < 1.29 is 9.59 Å². The lowest BCUT2D eigenvalue weighted by atomic mass is 9.96. The van der Waals surface area contributed by atoms with E-state index in [2.05, 4.69) is 9.97 Å². The van der Waals surface area contributed by atoms with Crippen LogP contribution in [0, 0.1) is 0 Å². The molecule has 3 heterocycles. The topological polar surface area (TPSA) is 92.4 Å². The summed E-state index contributed by atoms with van der Waals surface area (Å²) in [7, 11) is 0. The maximum Gasteiger partial charge on any atom is 0.248 e. The summed E-state index contributed by atoms with van der Waals surface area (Å²) in [5.74, 6) is 0.140. The third kappa shape index (κ3) is 4.26. The first kappa shape index (κ1) is 21.3. The van der Waals surface area contributed by atoms with Gasteiger partial charge in [-0.05, 0) is 49.8 Å². The van der Waals surface area contributed by atoms with Crippen LogP contribution in [0.25, 0.3) is 17.0 Å². The monoisotopic (exact) mass is 455 g/mol. The van der Waals surface area contributed by atoms with Gasteiger partial charge in [0.1, 0.15) is 17.7 Å². The van der Waals surface area contributed by atoms with Crippen LogP contribution in [0.4, 0.5) is 5.82 Å². The van der Waals surface area contributed by atoms with Crippen molar-refractivity contribution in [2.45, 2.75) is 25.9 Å². The third-order valence-electron chi connectivity index (χ3n) is 5.43. The number of nitrogens with zero attached hydrogens (tertiary/aromatic N) is 4. The predicted octanol–water partition coefficient (Wildman–Crippen LogP) is 3.59. The SMILES string of the molecule is CC1(C)C(=O)N(Cc2ccc3c(N)ncnc3c2)CCN1C(=O)C=Cc1ccc(Cl)s1. The Morgan fingerprint density at radius 1 is 1.26 bits per heavy atom. The zero-order valence-corrected chi connectivity index (χ0v) is 18.8. The Labute approximate surface area is 189 Å². The van der Waals surface area contributed by atoms with Gasteiger partial charge in [-0.3, -0.25) is 9.59 Å². The number of benzene rings is 1. The molecule has 1 saturated heterocycles. The fourth-order valence-electron chi connectivity index (χ4n) is 3.74. The molecule has 160 valence electrons. The van der Waals surface area contributed by atoms with E-state index in [-0.39, 0.29) is 11.8 Å². The van der Waals surface area contributed by atoms with Gasteiger partial charge in [-0.1, -0.05) is 17.7 Å². The smallest absolute Gasteiger partial charge is 0.248 e. The summed E-state index contributed by atoms with van der Waals surface area (Å²) < 4.78 is 0.666. The van der Waals surface area contributed by atoms with E-state index in [1.54, 1.807) is 35.8 Å². The fraction of sp³-hybridized carbons (Fsp3) is 0.273. The van der Waals surface area contributed by atoms with E-state index in [0.717, 1.165) is 21.3 Å². The lowest BCUT2D eigenvalue weighted by Gasteiger charge is -2.45. The van der Waals surface area contributed by atoms with Crippen molar-refractivity contribution in [1.29, 1.82) is 0 Å². The highest BCUT2D eigenvalue weighted by atomic mass is 35.5. The number of rotatable bonds is 4. The molecule has 0 atom stereocenters. The second-order valence-electron chi connectivity index (χ2n) is 7.86.